The summed E-state index contributed by atoms with van der Waals surface area (Å²) in [7, 11) is 0. The van der Waals surface area contributed by atoms with Crippen LogP contribution < -0.4 is 0 Å². The molecule has 0 bridgehead atoms. The van der Waals surface area contributed by atoms with E-state index in [0.717, 1.165) is 56.9 Å². The highest BCUT2D eigenvalue weighted by Crippen LogP contribution is 2.77. The minimum absolute atomic E-state index is 0.00606. The van der Waals surface area contributed by atoms with Crippen LogP contribution in [0.1, 0.15) is 99.3 Å². The molecule has 4 nitrogen and oxygen atoms in total. The molecular weight excluding hydrogens is 424 g/mol. The van der Waals surface area contributed by atoms with Crippen molar-refractivity contribution < 1.29 is 20.1 Å². The summed E-state index contributed by atoms with van der Waals surface area (Å²) in [6, 6.07) is 0. The minimum atomic E-state index is -0.658. The third-order valence-corrected chi connectivity index (χ3v) is 13.4. The van der Waals surface area contributed by atoms with E-state index in [0.29, 0.717) is 12.3 Å². The zero-order chi connectivity index (χ0) is 25.1. The zero-order valence-corrected chi connectivity index (χ0v) is 22.4. The lowest BCUT2D eigenvalue weighted by atomic mass is 9.31. The van der Waals surface area contributed by atoms with E-state index in [1.54, 1.807) is 0 Å². The Hall–Kier alpha value is -0.870. The molecule has 0 unspecified atom stereocenters. The van der Waals surface area contributed by atoms with Crippen LogP contribution in [0.15, 0.2) is 12.2 Å². The maximum Gasteiger partial charge on any atom is 0.309 e. The smallest absolute Gasteiger partial charge is 0.309 e. The molecule has 0 aromatic heterocycles. The maximum atomic E-state index is 12.8. The molecule has 11 atom stereocenters. The molecular formula is C30H48O4. The normalized spacial score (nSPS) is 55.9. The summed E-state index contributed by atoms with van der Waals surface area (Å²) in [5, 5.41) is 33.4. The van der Waals surface area contributed by atoms with Crippen LogP contribution in [-0.4, -0.2) is 33.5 Å². The zero-order valence-electron chi connectivity index (χ0n) is 22.4. The summed E-state index contributed by atoms with van der Waals surface area (Å²) in [5.74, 6) is 0.484. The molecule has 4 heteroatoms. The van der Waals surface area contributed by atoms with Crippen molar-refractivity contribution in [3.8, 4) is 0 Å². The van der Waals surface area contributed by atoms with Gasteiger partial charge < -0.3 is 15.3 Å². The Bertz CT molecular complexity index is 894. The number of aliphatic hydroxyl groups is 2. The number of hydrogen-bond acceptors (Lipinski definition) is 3. The molecule has 0 saturated heterocycles. The lowest BCUT2D eigenvalue weighted by Gasteiger charge is -2.73. The average molecular weight is 473 g/mol. The van der Waals surface area contributed by atoms with Gasteiger partial charge >= 0.3 is 5.97 Å². The van der Waals surface area contributed by atoms with Gasteiger partial charge in [-0.1, -0.05) is 46.8 Å². The lowest BCUT2D eigenvalue weighted by molar-refractivity contribution is -0.276. The number of carboxylic acid groups (broad SMARTS) is 1. The van der Waals surface area contributed by atoms with Crippen LogP contribution in [-0.2, 0) is 4.79 Å². The molecule has 5 aliphatic rings. The average Bonchev–Trinajstić information content (AvgIpc) is 3.14. The molecule has 5 fully saturated rings. The van der Waals surface area contributed by atoms with E-state index in [1.165, 1.54) is 0 Å². The molecule has 5 rings (SSSR count). The van der Waals surface area contributed by atoms with E-state index in [4.69, 9.17) is 0 Å². The molecule has 0 aliphatic heterocycles. The largest absolute Gasteiger partial charge is 0.481 e. The third-order valence-electron chi connectivity index (χ3n) is 13.4. The van der Waals surface area contributed by atoms with E-state index < -0.39 is 17.5 Å². The van der Waals surface area contributed by atoms with E-state index in [1.807, 2.05) is 0 Å². The van der Waals surface area contributed by atoms with Crippen LogP contribution in [0.5, 0.6) is 0 Å². The Labute approximate surface area is 206 Å². The van der Waals surface area contributed by atoms with E-state index >= 15 is 0 Å². The van der Waals surface area contributed by atoms with Gasteiger partial charge in [0.25, 0.3) is 0 Å². The van der Waals surface area contributed by atoms with Gasteiger partial charge in [-0.2, -0.15) is 0 Å². The van der Waals surface area contributed by atoms with Crippen LogP contribution in [0.25, 0.3) is 0 Å². The molecule has 5 saturated carbocycles. The summed E-state index contributed by atoms with van der Waals surface area (Å²) < 4.78 is 0. The van der Waals surface area contributed by atoms with Crippen molar-refractivity contribution in [2.24, 2.45) is 56.7 Å². The van der Waals surface area contributed by atoms with Crippen molar-refractivity contribution in [3.63, 3.8) is 0 Å². The van der Waals surface area contributed by atoms with Gasteiger partial charge in [0.05, 0.1) is 17.6 Å². The molecule has 0 aromatic carbocycles. The molecule has 5 aliphatic carbocycles. The topological polar surface area (TPSA) is 77.8 Å². The van der Waals surface area contributed by atoms with Gasteiger partial charge in [-0.25, -0.2) is 0 Å². The number of rotatable bonds is 2. The van der Waals surface area contributed by atoms with E-state index in [9.17, 15) is 20.1 Å². The van der Waals surface area contributed by atoms with Crippen molar-refractivity contribution in [1.82, 2.24) is 0 Å². The Morgan fingerprint density at radius 1 is 0.882 bits per heavy atom. The molecule has 0 spiro atoms. The maximum absolute atomic E-state index is 12.8. The Balaban J connectivity index is 1.61. The quantitative estimate of drug-likeness (QED) is 0.427. The highest BCUT2D eigenvalue weighted by Gasteiger charge is 2.73. The fourth-order valence-corrected chi connectivity index (χ4v) is 11.6. The highest BCUT2D eigenvalue weighted by atomic mass is 16.4. The Morgan fingerprint density at radius 3 is 2.18 bits per heavy atom. The van der Waals surface area contributed by atoms with E-state index in [2.05, 4.69) is 48.1 Å². The first-order valence-electron chi connectivity index (χ1n) is 13.9. The van der Waals surface area contributed by atoms with Gasteiger partial charge in [0, 0.05) is 0 Å². The van der Waals surface area contributed by atoms with Gasteiger partial charge in [-0.3, -0.25) is 4.79 Å². The second kappa shape index (κ2) is 7.34. The number of hydrogen-bond donors (Lipinski definition) is 3. The lowest BCUT2D eigenvalue weighted by Crippen LogP contribution is -2.70. The molecule has 0 heterocycles. The second-order valence-electron chi connectivity index (χ2n) is 14.7. The number of aliphatic hydroxyl groups excluding tert-OH is 2. The van der Waals surface area contributed by atoms with Crippen molar-refractivity contribution in [1.29, 1.82) is 0 Å². The minimum Gasteiger partial charge on any atom is -0.481 e. The van der Waals surface area contributed by atoms with Crippen molar-refractivity contribution in [2.75, 3.05) is 0 Å². The van der Waals surface area contributed by atoms with Crippen LogP contribution in [0.2, 0.25) is 0 Å². The van der Waals surface area contributed by atoms with E-state index in [-0.39, 0.29) is 51.4 Å². The van der Waals surface area contributed by atoms with Gasteiger partial charge in [-0.05, 0) is 116 Å². The molecule has 3 N–H and O–H groups in total. The summed E-state index contributed by atoms with van der Waals surface area (Å²) in [5.41, 5.74) is 0.284. The number of aliphatic carboxylic acids is 1. The summed E-state index contributed by atoms with van der Waals surface area (Å²) in [4.78, 5) is 12.8. The van der Waals surface area contributed by atoms with Crippen LogP contribution in [0, 0.1) is 56.7 Å². The van der Waals surface area contributed by atoms with Gasteiger partial charge in [0.15, 0.2) is 0 Å². The molecule has 34 heavy (non-hydrogen) atoms. The molecule has 0 radical (unpaired) electrons. The summed E-state index contributed by atoms with van der Waals surface area (Å²) >= 11 is 0. The predicted octanol–water partition coefficient (Wildman–Crippen LogP) is 6.06. The van der Waals surface area contributed by atoms with Gasteiger partial charge in [0.1, 0.15) is 0 Å². The molecule has 192 valence electrons. The van der Waals surface area contributed by atoms with Crippen molar-refractivity contribution >= 4 is 5.97 Å². The third kappa shape index (κ3) is 2.76. The monoisotopic (exact) mass is 472 g/mol. The van der Waals surface area contributed by atoms with Crippen molar-refractivity contribution in [2.45, 2.75) is 112 Å². The Kier molecular flexibility index (Phi) is 5.36. The fraction of sp³-hybridized carbons (Fsp3) is 0.900. The van der Waals surface area contributed by atoms with Gasteiger partial charge in [-0.15, -0.1) is 0 Å². The highest BCUT2D eigenvalue weighted by molar-refractivity contribution is 5.76. The standard InChI is InChI=1S/C30H48O4/c1-17(2)18-8-13-30(25(33)34)15-14-28(6)19(23(18)30)16-20(31)24-27(5)11-10-22(32)26(3,4)21(27)9-12-29(24,28)7/h18-24,31-32H,1,8-16H2,2-7H3,(H,33,34)/t18-,19+,20+,21+,22+,23+,24+,27-,28+,29+,30-/m0/s1. The van der Waals surface area contributed by atoms with Crippen LogP contribution >= 0.6 is 0 Å². The number of fused-ring (bicyclic) bond motifs is 7. The van der Waals surface area contributed by atoms with Gasteiger partial charge in [0.2, 0.25) is 0 Å². The van der Waals surface area contributed by atoms with Crippen LogP contribution in [0.3, 0.4) is 0 Å². The Morgan fingerprint density at radius 2 is 1.56 bits per heavy atom. The molecule has 0 amide bonds. The van der Waals surface area contributed by atoms with Crippen molar-refractivity contribution in [3.05, 3.63) is 12.2 Å². The SMILES string of the molecule is C=C(C)[C@@H]1CC[C@]2(C(=O)O)CC[C@]3(C)[C@H](C[C@@H](O)[C@@H]4[C@@]5(C)CC[C@@H](O)C(C)(C)[C@H]5CC[C@]43C)[C@@H]12. The molecule has 0 aromatic rings. The number of allylic oxidation sites excluding steroid dienone is 1. The summed E-state index contributed by atoms with van der Waals surface area (Å²) in [6.45, 7) is 18.2. The number of carbonyl (C=O) groups is 1. The first-order valence-corrected chi connectivity index (χ1v) is 13.9. The second-order valence-corrected chi connectivity index (χ2v) is 14.7. The number of carboxylic acids is 1. The fourth-order valence-electron chi connectivity index (χ4n) is 11.6. The summed E-state index contributed by atoms with van der Waals surface area (Å²) in [6.07, 6.45) is 7.30. The first kappa shape index (κ1) is 24.8. The predicted molar refractivity (Wildman–Crippen MR) is 134 cm³/mol. The van der Waals surface area contributed by atoms with Crippen LogP contribution in [0.4, 0.5) is 0 Å². The first-order chi connectivity index (χ1) is 15.7.